The zero-order valence-electron chi connectivity index (χ0n) is 7.66. The van der Waals surface area contributed by atoms with Gasteiger partial charge < -0.3 is 5.73 Å². The average Bonchev–Trinajstić information content (AvgIpc) is 2.16. The fourth-order valence-electron chi connectivity index (χ4n) is 1.24. The summed E-state index contributed by atoms with van der Waals surface area (Å²) in [6.07, 6.45) is 2.05. The predicted molar refractivity (Wildman–Crippen MR) is 56.6 cm³/mol. The summed E-state index contributed by atoms with van der Waals surface area (Å²) in [6, 6.07) is 6.59. The minimum Gasteiger partial charge on any atom is -0.330 e. The fourth-order valence-corrected chi connectivity index (χ4v) is 1.97. The summed E-state index contributed by atoms with van der Waals surface area (Å²) in [7, 11) is 0. The van der Waals surface area contributed by atoms with Crippen LogP contribution in [0.15, 0.2) is 24.3 Å². The number of benzene rings is 1. The van der Waals surface area contributed by atoms with Crippen molar-refractivity contribution >= 4 is 11.8 Å². The van der Waals surface area contributed by atoms with Crippen molar-refractivity contribution in [2.45, 2.75) is 5.92 Å². The Balaban J connectivity index is 2.73. The Bertz CT molecular complexity index is 248. The lowest BCUT2D eigenvalue weighted by atomic mass is 10.0. The monoisotopic (exact) mass is 199 g/mol. The van der Waals surface area contributed by atoms with Gasteiger partial charge in [-0.05, 0) is 30.5 Å². The van der Waals surface area contributed by atoms with Gasteiger partial charge in [-0.1, -0.05) is 12.1 Å². The van der Waals surface area contributed by atoms with E-state index in [1.807, 2.05) is 18.4 Å². The van der Waals surface area contributed by atoms with Crippen molar-refractivity contribution in [2.75, 3.05) is 18.6 Å². The molecular formula is C10H14FNS. The van der Waals surface area contributed by atoms with E-state index in [4.69, 9.17) is 5.73 Å². The molecule has 0 radical (unpaired) electrons. The Hall–Kier alpha value is -0.540. The molecule has 1 atom stereocenters. The van der Waals surface area contributed by atoms with Crippen LogP contribution in [-0.2, 0) is 0 Å². The van der Waals surface area contributed by atoms with Crippen molar-refractivity contribution in [3.8, 4) is 0 Å². The molecule has 13 heavy (non-hydrogen) atoms. The highest BCUT2D eigenvalue weighted by atomic mass is 32.2. The highest BCUT2D eigenvalue weighted by Gasteiger charge is 2.08. The quantitative estimate of drug-likeness (QED) is 0.804. The van der Waals surface area contributed by atoms with E-state index in [1.165, 1.54) is 12.1 Å². The van der Waals surface area contributed by atoms with Crippen molar-refractivity contribution in [2.24, 2.45) is 5.73 Å². The zero-order chi connectivity index (χ0) is 9.68. The molecule has 1 nitrogen and oxygen atoms in total. The molecule has 1 rings (SSSR count). The Morgan fingerprint density at radius 3 is 2.46 bits per heavy atom. The smallest absolute Gasteiger partial charge is 0.123 e. The predicted octanol–water partition coefficient (Wildman–Crippen LogP) is 2.23. The minimum absolute atomic E-state index is 0.191. The second-order valence-corrected chi connectivity index (χ2v) is 3.85. The van der Waals surface area contributed by atoms with Gasteiger partial charge in [-0.25, -0.2) is 4.39 Å². The minimum atomic E-state index is -0.191. The number of thioether (sulfide) groups is 1. The maximum absolute atomic E-state index is 12.6. The second-order valence-electron chi connectivity index (χ2n) is 2.94. The molecule has 0 heterocycles. The Kier molecular flexibility index (Phi) is 4.25. The molecule has 1 aromatic carbocycles. The summed E-state index contributed by atoms with van der Waals surface area (Å²) in [4.78, 5) is 0. The van der Waals surface area contributed by atoms with E-state index in [1.54, 1.807) is 11.8 Å². The van der Waals surface area contributed by atoms with Gasteiger partial charge in [0.1, 0.15) is 5.82 Å². The topological polar surface area (TPSA) is 26.0 Å². The largest absolute Gasteiger partial charge is 0.330 e. The highest BCUT2D eigenvalue weighted by Crippen LogP contribution is 2.18. The maximum atomic E-state index is 12.6. The third-order valence-electron chi connectivity index (χ3n) is 1.99. The van der Waals surface area contributed by atoms with Crippen LogP contribution in [-0.4, -0.2) is 18.6 Å². The number of hydrogen-bond acceptors (Lipinski definition) is 2. The molecule has 0 aliphatic heterocycles. The first kappa shape index (κ1) is 10.5. The van der Waals surface area contributed by atoms with E-state index in [0.717, 1.165) is 11.3 Å². The van der Waals surface area contributed by atoms with E-state index < -0.39 is 0 Å². The number of halogens is 1. The van der Waals surface area contributed by atoms with Crippen LogP contribution >= 0.6 is 11.8 Å². The average molecular weight is 199 g/mol. The van der Waals surface area contributed by atoms with Gasteiger partial charge in [0.25, 0.3) is 0 Å². The van der Waals surface area contributed by atoms with Crippen molar-refractivity contribution in [3.05, 3.63) is 35.6 Å². The first-order valence-electron chi connectivity index (χ1n) is 4.22. The van der Waals surface area contributed by atoms with Gasteiger partial charge in [-0.2, -0.15) is 11.8 Å². The van der Waals surface area contributed by atoms with Gasteiger partial charge in [0, 0.05) is 11.7 Å². The SMILES string of the molecule is CSCC(CN)c1ccc(F)cc1. The summed E-state index contributed by atoms with van der Waals surface area (Å²) >= 11 is 1.76. The molecule has 0 fully saturated rings. The van der Waals surface area contributed by atoms with Gasteiger partial charge in [-0.15, -0.1) is 0 Å². The van der Waals surface area contributed by atoms with E-state index >= 15 is 0 Å². The molecule has 0 aliphatic carbocycles. The molecule has 2 N–H and O–H groups in total. The molecular weight excluding hydrogens is 185 g/mol. The van der Waals surface area contributed by atoms with E-state index in [2.05, 4.69) is 0 Å². The molecule has 1 aromatic rings. The van der Waals surface area contributed by atoms with Gasteiger partial charge >= 0.3 is 0 Å². The molecule has 0 amide bonds. The summed E-state index contributed by atoms with van der Waals surface area (Å²) < 4.78 is 12.6. The van der Waals surface area contributed by atoms with Crippen LogP contribution in [0.4, 0.5) is 4.39 Å². The van der Waals surface area contributed by atoms with Gasteiger partial charge in [0.2, 0.25) is 0 Å². The lowest BCUT2D eigenvalue weighted by molar-refractivity contribution is 0.625. The van der Waals surface area contributed by atoms with Crippen molar-refractivity contribution < 1.29 is 4.39 Å². The molecule has 0 aliphatic rings. The number of hydrogen-bond donors (Lipinski definition) is 1. The zero-order valence-corrected chi connectivity index (χ0v) is 8.48. The van der Waals surface area contributed by atoms with E-state index in [-0.39, 0.29) is 5.82 Å². The van der Waals surface area contributed by atoms with Crippen LogP contribution in [0.1, 0.15) is 11.5 Å². The molecule has 0 spiro atoms. The van der Waals surface area contributed by atoms with Crippen LogP contribution in [0.5, 0.6) is 0 Å². The summed E-state index contributed by atoms with van der Waals surface area (Å²) in [5, 5.41) is 0. The molecule has 1 unspecified atom stereocenters. The van der Waals surface area contributed by atoms with Crippen LogP contribution < -0.4 is 5.73 Å². The van der Waals surface area contributed by atoms with E-state index in [9.17, 15) is 4.39 Å². The van der Waals surface area contributed by atoms with Gasteiger partial charge in [0.05, 0.1) is 0 Å². The Labute approximate surface area is 82.5 Å². The Morgan fingerprint density at radius 1 is 1.38 bits per heavy atom. The first-order valence-corrected chi connectivity index (χ1v) is 5.61. The molecule has 0 saturated carbocycles. The van der Waals surface area contributed by atoms with Gasteiger partial charge in [-0.3, -0.25) is 0 Å². The normalized spacial score (nSPS) is 12.8. The van der Waals surface area contributed by atoms with Gasteiger partial charge in [0.15, 0.2) is 0 Å². The van der Waals surface area contributed by atoms with Crippen molar-refractivity contribution in [3.63, 3.8) is 0 Å². The summed E-state index contributed by atoms with van der Waals surface area (Å²) in [5.74, 6) is 1.14. The number of rotatable bonds is 4. The molecule has 0 saturated heterocycles. The standard InChI is InChI=1S/C10H14FNS/c1-13-7-9(6-12)8-2-4-10(11)5-3-8/h2-5,9H,6-7,12H2,1H3. The van der Waals surface area contributed by atoms with E-state index in [0.29, 0.717) is 12.5 Å². The third-order valence-corrected chi connectivity index (χ3v) is 2.73. The van der Waals surface area contributed by atoms with Crippen molar-refractivity contribution in [1.82, 2.24) is 0 Å². The second kappa shape index (κ2) is 5.25. The number of nitrogens with two attached hydrogens (primary N) is 1. The van der Waals surface area contributed by atoms with Crippen LogP contribution in [0, 0.1) is 5.82 Å². The van der Waals surface area contributed by atoms with Crippen LogP contribution in [0.2, 0.25) is 0 Å². The Morgan fingerprint density at radius 2 is 2.00 bits per heavy atom. The lowest BCUT2D eigenvalue weighted by Crippen LogP contribution is -2.14. The molecule has 72 valence electrons. The van der Waals surface area contributed by atoms with Crippen LogP contribution in [0.25, 0.3) is 0 Å². The lowest BCUT2D eigenvalue weighted by Gasteiger charge is -2.13. The molecule has 3 heteroatoms. The fraction of sp³-hybridized carbons (Fsp3) is 0.400. The summed E-state index contributed by atoms with van der Waals surface area (Å²) in [5.41, 5.74) is 6.75. The first-order chi connectivity index (χ1) is 6.27. The molecule has 0 bridgehead atoms. The third kappa shape index (κ3) is 3.01. The maximum Gasteiger partial charge on any atom is 0.123 e. The highest BCUT2D eigenvalue weighted by molar-refractivity contribution is 7.98. The summed E-state index contributed by atoms with van der Waals surface area (Å²) in [6.45, 7) is 0.618. The van der Waals surface area contributed by atoms with Crippen molar-refractivity contribution in [1.29, 1.82) is 0 Å². The van der Waals surface area contributed by atoms with Crippen LogP contribution in [0.3, 0.4) is 0 Å². The molecule has 0 aromatic heterocycles.